The van der Waals surface area contributed by atoms with Gasteiger partial charge in [-0.2, -0.15) is 0 Å². The highest BCUT2D eigenvalue weighted by Gasteiger charge is 2.14. The van der Waals surface area contributed by atoms with Gasteiger partial charge in [-0.1, -0.05) is 18.2 Å². The van der Waals surface area contributed by atoms with E-state index in [1.165, 1.54) is 0 Å². The Morgan fingerprint density at radius 3 is 2.53 bits per heavy atom. The quantitative estimate of drug-likeness (QED) is 0.690. The van der Waals surface area contributed by atoms with Crippen LogP contribution in [0.1, 0.15) is 5.69 Å². The molecule has 0 atom stereocenters. The van der Waals surface area contributed by atoms with Gasteiger partial charge in [0.25, 0.3) is 0 Å². The SMILES string of the molecule is Cc1ccc2c(P(C)(C)=O)cccc2n1. The highest BCUT2D eigenvalue weighted by Crippen LogP contribution is 2.37. The molecule has 1 aromatic carbocycles. The number of benzene rings is 1. The van der Waals surface area contributed by atoms with Crippen LogP contribution >= 0.6 is 7.14 Å². The monoisotopic (exact) mass is 219 g/mol. The zero-order chi connectivity index (χ0) is 11.1. The summed E-state index contributed by atoms with van der Waals surface area (Å²) in [7, 11) is -2.22. The van der Waals surface area contributed by atoms with Crippen molar-refractivity contribution in [3.8, 4) is 0 Å². The van der Waals surface area contributed by atoms with E-state index >= 15 is 0 Å². The van der Waals surface area contributed by atoms with Crippen molar-refractivity contribution in [1.82, 2.24) is 4.98 Å². The Kier molecular flexibility index (Phi) is 2.40. The molecule has 0 aliphatic carbocycles. The van der Waals surface area contributed by atoms with Crippen LogP contribution in [0, 0.1) is 6.92 Å². The average Bonchev–Trinajstić information content (AvgIpc) is 2.15. The average molecular weight is 219 g/mol. The van der Waals surface area contributed by atoms with Crippen molar-refractivity contribution < 1.29 is 4.57 Å². The van der Waals surface area contributed by atoms with Crippen molar-refractivity contribution in [3.63, 3.8) is 0 Å². The van der Waals surface area contributed by atoms with Gasteiger partial charge < -0.3 is 4.57 Å². The van der Waals surface area contributed by atoms with E-state index in [9.17, 15) is 4.57 Å². The molecule has 1 aromatic heterocycles. The molecule has 0 amide bonds. The van der Waals surface area contributed by atoms with E-state index in [0.717, 1.165) is 21.9 Å². The van der Waals surface area contributed by atoms with Gasteiger partial charge in [-0.25, -0.2) is 0 Å². The van der Waals surface area contributed by atoms with Gasteiger partial charge in [-0.05, 0) is 32.4 Å². The minimum absolute atomic E-state index is 0.924. The number of hydrogen-bond donors (Lipinski definition) is 0. The van der Waals surface area contributed by atoms with Crippen LogP contribution in [0.3, 0.4) is 0 Å². The molecule has 0 unspecified atom stereocenters. The van der Waals surface area contributed by atoms with Gasteiger partial charge in [0.15, 0.2) is 0 Å². The van der Waals surface area contributed by atoms with E-state index in [1.807, 2.05) is 37.3 Å². The van der Waals surface area contributed by atoms with E-state index < -0.39 is 7.14 Å². The summed E-state index contributed by atoms with van der Waals surface area (Å²) in [5.74, 6) is 0. The zero-order valence-electron chi connectivity index (χ0n) is 9.19. The summed E-state index contributed by atoms with van der Waals surface area (Å²) in [6.07, 6.45) is 0. The van der Waals surface area contributed by atoms with Crippen molar-refractivity contribution in [2.24, 2.45) is 0 Å². The second-order valence-electron chi connectivity index (χ2n) is 4.15. The molecule has 2 aromatic rings. The highest BCUT2D eigenvalue weighted by atomic mass is 31.2. The van der Waals surface area contributed by atoms with Crippen LogP contribution in [0.25, 0.3) is 10.9 Å². The third kappa shape index (κ3) is 1.95. The molecule has 2 rings (SSSR count). The Morgan fingerprint density at radius 2 is 1.87 bits per heavy atom. The number of nitrogens with zero attached hydrogens (tertiary/aromatic N) is 1. The maximum Gasteiger partial charge on any atom is 0.110 e. The van der Waals surface area contributed by atoms with E-state index in [-0.39, 0.29) is 0 Å². The molecule has 0 fully saturated rings. The third-order valence-electron chi connectivity index (χ3n) is 2.43. The lowest BCUT2D eigenvalue weighted by Crippen LogP contribution is -2.04. The number of aromatic nitrogens is 1. The minimum atomic E-state index is -2.22. The standard InChI is InChI=1S/C12H14NOP/c1-9-7-8-10-11(13-9)5-4-6-12(10)15(2,3)14/h4-8H,1-3H3. The molecule has 0 saturated heterocycles. The number of fused-ring (bicyclic) bond motifs is 1. The Hall–Kier alpha value is -1.14. The fourth-order valence-corrected chi connectivity index (χ4v) is 2.92. The molecule has 0 aliphatic rings. The van der Waals surface area contributed by atoms with Gasteiger partial charge in [0.1, 0.15) is 7.14 Å². The van der Waals surface area contributed by atoms with Crippen LogP contribution in [0.5, 0.6) is 0 Å². The van der Waals surface area contributed by atoms with Crippen LogP contribution in [0.2, 0.25) is 0 Å². The molecule has 2 nitrogen and oxygen atoms in total. The first-order valence-corrected chi connectivity index (χ1v) is 7.50. The third-order valence-corrected chi connectivity index (χ3v) is 3.98. The molecule has 15 heavy (non-hydrogen) atoms. The lowest BCUT2D eigenvalue weighted by molar-refractivity contribution is 0.588. The Morgan fingerprint density at radius 1 is 1.13 bits per heavy atom. The van der Waals surface area contributed by atoms with Gasteiger partial charge in [-0.3, -0.25) is 4.98 Å². The predicted molar refractivity (Wildman–Crippen MR) is 65.6 cm³/mol. The number of rotatable bonds is 1. The zero-order valence-corrected chi connectivity index (χ0v) is 10.1. The molecule has 3 heteroatoms. The van der Waals surface area contributed by atoms with Crippen LogP contribution in [0.15, 0.2) is 30.3 Å². The van der Waals surface area contributed by atoms with Gasteiger partial charge in [-0.15, -0.1) is 0 Å². The topological polar surface area (TPSA) is 30.0 Å². The van der Waals surface area contributed by atoms with Crippen molar-refractivity contribution in [2.75, 3.05) is 13.3 Å². The molecular formula is C12H14NOP. The van der Waals surface area contributed by atoms with Crippen molar-refractivity contribution in [1.29, 1.82) is 0 Å². The first kappa shape index (κ1) is 10.4. The highest BCUT2D eigenvalue weighted by molar-refractivity contribution is 7.70. The van der Waals surface area contributed by atoms with Crippen molar-refractivity contribution in [2.45, 2.75) is 6.92 Å². The maximum absolute atomic E-state index is 12.1. The second-order valence-corrected chi connectivity index (χ2v) is 7.33. The largest absolute Gasteiger partial charge is 0.319 e. The molecule has 0 aliphatic heterocycles. The Balaban J connectivity index is 2.83. The number of aryl methyl sites for hydroxylation is 1. The maximum atomic E-state index is 12.1. The molecule has 1 heterocycles. The molecule has 78 valence electrons. The van der Waals surface area contributed by atoms with Crippen LogP contribution < -0.4 is 5.30 Å². The summed E-state index contributed by atoms with van der Waals surface area (Å²) in [6, 6.07) is 9.78. The molecule has 0 radical (unpaired) electrons. The van der Waals surface area contributed by atoms with Crippen molar-refractivity contribution in [3.05, 3.63) is 36.0 Å². The van der Waals surface area contributed by atoms with Gasteiger partial charge in [0, 0.05) is 16.4 Å². The van der Waals surface area contributed by atoms with E-state index in [0.29, 0.717) is 0 Å². The predicted octanol–water partition coefficient (Wildman–Crippen LogP) is 2.79. The summed E-state index contributed by atoms with van der Waals surface area (Å²) in [6.45, 7) is 5.55. The lowest BCUT2D eigenvalue weighted by Gasteiger charge is -2.10. The Bertz CT molecular complexity index is 557. The summed E-state index contributed by atoms with van der Waals surface area (Å²) in [5.41, 5.74) is 1.91. The van der Waals surface area contributed by atoms with Crippen LogP contribution in [-0.2, 0) is 4.57 Å². The van der Waals surface area contributed by atoms with E-state index in [1.54, 1.807) is 13.3 Å². The van der Waals surface area contributed by atoms with Gasteiger partial charge in [0.2, 0.25) is 0 Å². The fraction of sp³-hybridized carbons (Fsp3) is 0.250. The summed E-state index contributed by atoms with van der Waals surface area (Å²) >= 11 is 0. The molecule has 0 N–H and O–H groups in total. The fourth-order valence-electron chi connectivity index (χ4n) is 1.71. The minimum Gasteiger partial charge on any atom is -0.319 e. The second kappa shape index (κ2) is 3.46. The van der Waals surface area contributed by atoms with E-state index in [4.69, 9.17) is 0 Å². The molecule has 0 bridgehead atoms. The van der Waals surface area contributed by atoms with Crippen LogP contribution in [-0.4, -0.2) is 18.3 Å². The summed E-state index contributed by atoms with van der Waals surface area (Å²) in [5, 5.41) is 1.93. The molecule has 0 spiro atoms. The first-order valence-electron chi connectivity index (χ1n) is 4.90. The molecule has 0 saturated carbocycles. The smallest absolute Gasteiger partial charge is 0.110 e. The van der Waals surface area contributed by atoms with Gasteiger partial charge in [0.05, 0.1) is 5.52 Å². The molecular weight excluding hydrogens is 205 g/mol. The summed E-state index contributed by atoms with van der Waals surface area (Å²) in [4.78, 5) is 4.43. The number of pyridine rings is 1. The lowest BCUT2D eigenvalue weighted by atomic mass is 10.2. The van der Waals surface area contributed by atoms with Crippen LogP contribution in [0.4, 0.5) is 0 Å². The number of hydrogen-bond acceptors (Lipinski definition) is 2. The normalized spacial score (nSPS) is 11.9. The summed E-state index contributed by atoms with van der Waals surface area (Å²) < 4.78 is 12.1. The van der Waals surface area contributed by atoms with Crippen molar-refractivity contribution >= 4 is 23.3 Å². The first-order chi connectivity index (χ1) is 6.98. The van der Waals surface area contributed by atoms with Gasteiger partial charge >= 0.3 is 0 Å². The van der Waals surface area contributed by atoms with E-state index in [2.05, 4.69) is 4.98 Å². The Labute approximate surface area is 89.7 Å².